The first-order valence-corrected chi connectivity index (χ1v) is 5.73. The molecule has 82 valence electrons. The molecule has 2 N–H and O–H groups in total. The Balaban J connectivity index is 2.64. The minimum atomic E-state index is 0.278. The van der Waals surface area contributed by atoms with Crippen molar-refractivity contribution in [3.63, 3.8) is 0 Å². The van der Waals surface area contributed by atoms with Gasteiger partial charge in [-0.25, -0.2) is 0 Å². The molecule has 0 saturated heterocycles. The standard InChI is InChI=1S/C14H21N/c1-13(2)7-8-14(3,4)12-9-10(15)5-6-11(12)13/h5-6,9H,7-8,15H2,1-4H3/i1+2,2+2,3+2,4+2. The lowest BCUT2D eigenvalue weighted by molar-refractivity contribution is 0.332. The quantitative estimate of drug-likeness (QED) is 0.652. The Kier molecular flexibility index (Phi) is 2.11. The molecule has 0 heterocycles. The Hall–Kier alpha value is -0.980. The van der Waals surface area contributed by atoms with Gasteiger partial charge in [0.2, 0.25) is 0 Å². The van der Waals surface area contributed by atoms with E-state index in [9.17, 15) is 0 Å². The van der Waals surface area contributed by atoms with Crippen LogP contribution in [-0.4, -0.2) is 0 Å². The Labute approximate surface area is 92.7 Å². The van der Waals surface area contributed by atoms with Crippen molar-refractivity contribution in [2.75, 3.05) is 5.73 Å². The SMILES string of the molecule is [14CH3]C1([14CH3])CCC([14CH3])([14CH3])c2cc(N)ccc21. The van der Waals surface area contributed by atoms with Crippen LogP contribution < -0.4 is 5.73 Å². The van der Waals surface area contributed by atoms with E-state index in [4.69, 9.17) is 5.73 Å². The number of anilines is 1. The van der Waals surface area contributed by atoms with Gasteiger partial charge in [0.05, 0.1) is 0 Å². The third-order valence-electron chi connectivity index (χ3n) is 3.88. The number of rotatable bonds is 0. The van der Waals surface area contributed by atoms with Crippen molar-refractivity contribution in [1.82, 2.24) is 0 Å². The molecule has 0 saturated carbocycles. The molecule has 1 aromatic rings. The molecule has 1 nitrogen and oxygen atoms in total. The summed E-state index contributed by atoms with van der Waals surface area (Å²) in [5.41, 5.74) is 10.3. The number of benzene rings is 1. The fourth-order valence-corrected chi connectivity index (χ4v) is 2.61. The van der Waals surface area contributed by atoms with Crippen molar-refractivity contribution in [3.05, 3.63) is 29.3 Å². The smallest absolute Gasteiger partial charge is 0.0317 e. The van der Waals surface area contributed by atoms with Gasteiger partial charge in [-0.2, -0.15) is 0 Å². The van der Waals surface area contributed by atoms with Gasteiger partial charge < -0.3 is 5.73 Å². The first-order valence-electron chi connectivity index (χ1n) is 5.73. The molecule has 1 aromatic carbocycles. The van der Waals surface area contributed by atoms with E-state index in [1.165, 1.54) is 24.0 Å². The summed E-state index contributed by atoms with van der Waals surface area (Å²) in [6.07, 6.45) is 2.51. The molecule has 0 unspecified atom stereocenters. The molecule has 1 heteroatoms. The highest BCUT2D eigenvalue weighted by atomic mass is 15.0. The van der Waals surface area contributed by atoms with Crippen LogP contribution in [0.5, 0.6) is 0 Å². The summed E-state index contributed by atoms with van der Waals surface area (Å²) in [5, 5.41) is 0. The second-order valence-electron chi connectivity index (χ2n) is 6.07. The molecule has 0 aromatic heterocycles. The monoisotopic (exact) mass is 211 g/mol. The van der Waals surface area contributed by atoms with Crippen LogP contribution in [0.4, 0.5) is 5.69 Å². The lowest BCUT2D eigenvalue weighted by Gasteiger charge is -2.41. The fourth-order valence-electron chi connectivity index (χ4n) is 2.61. The largest absolute Gasteiger partial charge is 0.399 e. The van der Waals surface area contributed by atoms with Crippen LogP contribution in [0.15, 0.2) is 18.2 Å². The predicted octanol–water partition coefficient (Wildman–Crippen LogP) is 3.62. The van der Waals surface area contributed by atoms with E-state index in [0.717, 1.165) is 5.69 Å². The lowest BCUT2D eigenvalue weighted by atomic mass is 9.77. The van der Waals surface area contributed by atoms with Crippen molar-refractivity contribution in [3.8, 4) is 0 Å². The molecular weight excluding hydrogens is 190 g/mol. The highest BCUT2D eigenvalue weighted by molar-refractivity contribution is 5.51. The molecule has 0 aliphatic heterocycles. The Morgan fingerprint density at radius 2 is 1.47 bits per heavy atom. The summed E-state index contributed by atoms with van der Waals surface area (Å²) in [5.74, 6) is 0. The molecule has 1 aliphatic carbocycles. The van der Waals surface area contributed by atoms with E-state index in [1.807, 2.05) is 6.07 Å². The van der Waals surface area contributed by atoms with Gasteiger partial charge in [-0.05, 0) is 46.9 Å². The highest BCUT2D eigenvalue weighted by Gasteiger charge is 2.36. The number of fused-ring (bicyclic) bond motifs is 1. The van der Waals surface area contributed by atoms with E-state index >= 15 is 0 Å². The molecule has 2 rings (SSSR count). The second kappa shape index (κ2) is 3.01. The first-order chi connectivity index (χ1) is 6.83. The molecular formula is C14H21N. The third-order valence-corrected chi connectivity index (χ3v) is 3.88. The van der Waals surface area contributed by atoms with Crippen LogP contribution in [0.25, 0.3) is 0 Å². The zero-order valence-electron chi connectivity index (χ0n) is 10.2. The Morgan fingerprint density at radius 1 is 0.933 bits per heavy atom. The molecule has 0 fully saturated rings. The van der Waals surface area contributed by atoms with Crippen molar-refractivity contribution >= 4 is 5.69 Å². The third kappa shape index (κ3) is 1.64. The van der Waals surface area contributed by atoms with Gasteiger partial charge in [-0.1, -0.05) is 33.8 Å². The van der Waals surface area contributed by atoms with Gasteiger partial charge in [0.25, 0.3) is 0 Å². The highest BCUT2D eigenvalue weighted by Crippen LogP contribution is 2.46. The van der Waals surface area contributed by atoms with Crippen LogP contribution in [0.3, 0.4) is 0 Å². The van der Waals surface area contributed by atoms with E-state index in [0.29, 0.717) is 5.41 Å². The minimum Gasteiger partial charge on any atom is -0.399 e. The Morgan fingerprint density at radius 3 is 2.07 bits per heavy atom. The maximum Gasteiger partial charge on any atom is 0.0317 e. The van der Waals surface area contributed by atoms with Crippen LogP contribution in [0.1, 0.15) is 51.7 Å². The molecule has 0 atom stereocenters. The number of hydrogen-bond acceptors (Lipinski definition) is 1. The summed E-state index contributed by atoms with van der Waals surface area (Å²) in [6, 6.07) is 6.41. The van der Waals surface area contributed by atoms with Gasteiger partial charge in [-0.3, -0.25) is 0 Å². The fraction of sp³-hybridized carbons (Fsp3) is 0.571. The Bertz CT molecular complexity index is 388. The van der Waals surface area contributed by atoms with Gasteiger partial charge in [-0.15, -0.1) is 0 Å². The van der Waals surface area contributed by atoms with Gasteiger partial charge in [0.15, 0.2) is 0 Å². The summed E-state index contributed by atoms with van der Waals surface area (Å²) in [6.45, 7) is 9.30. The molecule has 0 spiro atoms. The summed E-state index contributed by atoms with van der Waals surface area (Å²) in [7, 11) is 0. The van der Waals surface area contributed by atoms with E-state index in [1.54, 1.807) is 0 Å². The summed E-state index contributed by atoms with van der Waals surface area (Å²) >= 11 is 0. The molecule has 0 bridgehead atoms. The van der Waals surface area contributed by atoms with Crippen LogP contribution in [0.2, 0.25) is 0 Å². The van der Waals surface area contributed by atoms with E-state index in [-0.39, 0.29) is 5.41 Å². The van der Waals surface area contributed by atoms with Crippen LogP contribution >= 0.6 is 0 Å². The van der Waals surface area contributed by atoms with Gasteiger partial charge in [0.1, 0.15) is 0 Å². The van der Waals surface area contributed by atoms with E-state index < -0.39 is 0 Å². The molecule has 1 aliphatic rings. The average molecular weight is 211 g/mol. The van der Waals surface area contributed by atoms with Crippen molar-refractivity contribution in [2.45, 2.75) is 51.4 Å². The van der Waals surface area contributed by atoms with Crippen molar-refractivity contribution < 1.29 is 0 Å². The normalized spacial score (nSPS) is 22.1. The molecule has 0 amide bonds. The van der Waals surface area contributed by atoms with Gasteiger partial charge >= 0.3 is 0 Å². The molecule has 0 radical (unpaired) electrons. The maximum absolute atomic E-state index is 5.89. The first kappa shape index (κ1) is 10.5. The minimum absolute atomic E-state index is 0.278. The van der Waals surface area contributed by atoms with Gasteiger partial charge in [0, 0.05) is 5.69 Å². The van der Waals surface area contributed by atoms with Crippen molar-refractivity contribution in [2.24, 2.45) is 0 Å². The topological polar surface area (TPSA) is 26.0 Å². The molecule has 15 heavy (non-hydrogen) atoms. The maximum atomic E-state index is 5.89. The van der Waals surface area contributed by atoms with Crippen molar-refractivity contribution in [1.29, 1.82) is 0 Å². The zero-order valence-corrected chi connectivity index (χ0v) is 10.2. The number of hydrogen-bond donors (Lipinski definition) is 1. The predicted molar refractivity (Wildman–Crippen MR) is 66.1 cm³/mol. The van der Waals surface area contributed by atoms with Crippen LogP contribution in [-0.2, 0) is 10.8 Å². The summed E-state index contributed by atoms with van der Waals surface area (Å²) < 4.78 is 0. The average Bonchev–Trinajstić information content (AvgIpc) is 2.13. The lowest BCUT2D eigenvalue weighted by Crippen LogP contribution is -2.33. The van der Waals surface area contributed by atoms with Crippen LogP contribution in [0, 0.1) is 0 Å². The zero-order chi connectivity index (χ0) is 11.3. The summed E-state index contributed by atoms with van der Waals surface area (Å²) in [4.78, 5) is 0. The van der Waals surface area contributed by atoms with E-state index in [2.05, 4.69) is 39.8 Å². The number of nitrogen functional groups attached to an aromatic ring is 1. The number of nitrogens with two attached hydrogens (primary N) is 1. The second-order valence-corrected chi connectivity index (χ2v) is 6.07.